The topological polar surface area (TPSA) is 189 Å². The second kappa shape index (κ2) is 13.4. The van der Waals surface area contributed by atoms with Gasteiger partial charge in [0.2, 0.25) is 5.91 Å². The fourth-order valence-corrected chi connectivity index (χ4v) is 10.4. The zero-order valence-electron chi connectivity index (χ0n) is 28.0. The molecule has 6 aliphatic rings. The number of esters is 2. The van der Waals surface area contributed by atoms with E-state index in [-0.39, 0.29) is 72.3 Å². The summed E-state index contributed by atoms with van der Waals surface area (Å²) < 4.78 is 16.3. The minimum Gasteiger partial charge on any atom is -0.458 e. The van der Waals surface area contributed by atoms with E-state index in [1.165, 1.54) is 0 Å². The molecule has 1 saturated heterocycles. The van der Waals surface area contributed by atoms with Crippen molar-refractivity contribution < 1.29 is 53.6 Å². The first-order chi connectivity index (χ1) is 22.8. The number of cyclic esters (lactones) is 1. The summed E-state index contributed by atoms with van der Waals surface area (Å²) >= 11 is 0. The van der Waals surface area contributed by atoms with E-state index in [1.807, 2.05) is 6.92 Å². The van der Waals surface area contributed by atoms with Crippen LogP contribution < -0.4 is 5.32 Å². The molecule has 1 unspecified atom stereocenters. The first kappa shape index (κ1) is 35.0. The number of nitrogens with zero attached hydrogens (tertiary/aromatic N) is 1. The standard InChI is InChI=1S/C35H50N2O11/c1-33-11-9-22(46-19-28(39)36-13-5-3-4-6-30(41)48-26-17-29(40)37(45)32(26)43)15-21(33)7-8-24-25(33)16-27(38)34(2)23(10-12-35(24,34)44)20-14-31(42)47-18-20/h14,21-27,38,44-45H,3-13,15-19H2,1-2H3,(H,36,39)/t21-,22+,23-,24-,25+,26?,27-,33+,34+,35+/m1/s1. The van der Waals surface area contributed by atoms with Crippen LogP contribution in [0.1, 0.15) is 97.3 Å². The average molecular weight is 675 g/mol. The number of amides is 3. The summed E-state index contributed by atoms with van der Waals surface area (Å²) in [7, 11) is 0. The lowest BCUT2D eigenvalue weighted by Gasteiger charge is -2.65. The van der Waals surface area contributed by atoms with Gasteiger partial charge in [0.25, 0.3) is 11.8 Å². The lowest BCUT2D eigenvalue weighted by molar-refractivity contribution is -0.245. The molecule has 0 bridgehead atoms. The third kappa shape index (κ3) is 6.09. The Bertz CT molecular complexity index is 1350. The average Bonchev–Trinajstić information content (AvgIpc) is 3.68. The molecule has 3 amide bonds. The monoisotopic (exact) mass is 674 g/mol. The van der Waals surface area contributed by atoms with E-state index in [0.717, 1.165) is 44.1 Å². The highest BCUT2D eigenvalue weighted by atomic mass is 16.6. The minimum absolute atomic E-state index is 0.0220. The summed E-state index contributed by atoms with van der Waals surface area (Å²) in [4.78, 5) is 59.2. The van der Waals surface area contributed by atoms with Gasteiger partial charge >= 0.3 is 11.9 Å². The first-order valence-electron chi connectivity index (χ1n) is 17.7. The SMILES string of the molecule is C[C@]12CC[C@H](OCC(=O)NCCCCCC(=O)OC3CC(=O)N(O)C3=O)C[C@H]1CC[C@@H]1[C@@H]2C[C@@H](O)[C@]2(C)[C@@H](C3=CC(=O)OC3)CC[C@]12O. The largest absolute Gasteiger partial charge is 0.458 e. The van der Waals surface area contributed by atoms with Crippen LogP contribution in [0.4, 0.5) is 0 Å². The number of aliphatic hydroxyl groups excluding tert-OH is 1. The quantitative estimate of drug-likeness (QED) is 0.109. The van der Waals surface area contributed by atoms with Crippen molar-refractivity contribution in [3.63, 3.8) is 0 Å². The molecule has 13 heteroatoms. The second-order valence-electron chi connectivity index (χ2n) is 15.5. The molecule has 0 radical (unpaired) electrons. The van der Waals surface area contributed by atoms with Gasteiger partial charge in [0.1, 0.15) is 13.2 Å². The van der Waals surface area contributed by atoms with Crippen molar-refractivity contribution >= 4 is 29.7 Å². The van der Waals surface area contributed by atoms with Crippen LogP contribution in [0.25, 0.3) is 0 Å². The normalized spacial score (nSPS) is 40.5. The molecule has 4 aliphatic carbocycles. The molecule has 0 aromatic rings. The maximum Gasteiger partial charge on any atom is 0.331 e. The molecule has 0 aromatic heterocycles. The Morgan fingerprint density at radius 1 is 1.04 bits per heavy atom. The Morgan fingerprint density at radius 2 is 1.83 bits per heavy atom. The van der Waals surface area contributed by atoms with Gasteiger partial charge in [-0.3, -0.25) is 24.4 Å². The van der Waals surface area contributed by atoms with Crippen molar-refractivity contribution in [3.8, 4) is 0 Å². The third-order valence-electron chi connectivity index (χ3n) is 13.2. The third-order valence-corrected chi connectivity index (χ3v) is 13.2. The number of imide groups is 1. The van der Waals surface area contributed by atoms with E-state index in [1.54, 1.807) is 6.08 Å². The number of hydrogen-bond donors (Lipinski definition) is 4. The molecule has 6 rings (SSSR count). The number of ether oxygens (including phenoxy) is 3. The van der Waals surface area contributed by atoms with Crippen molar-refractivity contribution in [2.75, 3.05) is 19.8 Å². The Balaban J connectivity index is 0.918. The van der Waals surface area contributed by atoms with Gasteiger partial charge in [0, 0.05) is 24.5 Å². The van der Waals surface area contributed by atoms with Crippen molar-refractivity contribution in [2.24, 2.45) is 34.5 Å². The zero-order chi connectivity index (χ0) is 34.4. The van der Waals surface area contributed by atoms with Gasteiger partial charge < -0.3 is 29.7 Å². The van der Waals surface area contributed by atoms with Crippen LogP contribution in [-0.4, -0.2) is 93.8 Å². The van der Waals surface area contributed by atoms with Crippen LogP contribution >= 0.6 is 0 Å². The van der Waals surface area contributed by atoms with Crippen molar-refractivity contribution in [1.29, 1.82) is 0 Å². The molecule has 0 aromatic carbocycles. The highest BCUT2D eigenvalue weighted by Gasteiger charge is 2.70. The molecule has 13 nitrogen and oxygen atoms in total. The van der Waals surface area contributed by atoms with Gasteiger partial charge in [-0.25, -0.2) is 4.79 Å². The number of rotatable bonds is 11. The fraction of sp³-hybridized carbons (Fsp3) is 0.800. The Morgan fingerprint density at radius 3 is 2.54 bits per heavy atom. The molecule has 10 atom stereocenters. The summed E-state index contributed by atoms with van der Waals surface area (Å²) in [5, 5.41) is 36.2. The summed E-state index contributed by atoms with van der Waals surface area (Å²) in [6, 6.07) is 0. The number of unbranched alkanes of at least 4 members (excludes halogenated alkanes) is 2. The van der Waals surface area contributed by atoms with Crippen LogP contribution in [0.2, 0.25) is 0 Å². The molecule has 2 aliphatic heterocycles. The Hall–Kier alpha value is -2.87. The lowest BCUT2D eigenvalue weighted by atomic mass is 9.42. The zero-order valence-corrected chi connectivity index (χ0v) is 28.0. The second-order valence-corrected chi connectivity index (χ2v) is 15.5. The number of hydroxylamine groups is 2. The first-order valence-corrected chi connectivity index (χ1v) is 17.7. The minimum atomic E-state index is -1.27. The smallest absolute Gasteiger partial charge is 0.331 e. The molecule has 2 heterocycles. The van der Waals surface area contributed by atoms with Crippen LogP contribution in [0, 0.1) is 34.5 Å². The predicted molar refractivity (Wildman–Crippen MR) is 166 cm³/mol. The number of hydrogen-bond acceptors (Lipinski definition) is 11. The number of nitrogens with one attached hydrogen (secondary N) is 1. The van der Waals surface area contributed by atoms with Crippen LogP contribution in [0.5, 0.6) is 0 Å². The maximum absolute atomic E-state index is 12.5. The van der Waals surface area contributed by atoms with Crippen molar-refractivity contribution in [1.82, 2.24) is 10.4 Å². The lowest BCUT2D eigenvalue weighted by Crippen LogP contribution is -2.67. The van der Waals surface area contributed by atoms with Gasteiger partial charge in [0.15, 0.2) is 6.10 Å². The number of carbonyl (C=O) groups is 5. The Kier molecular flexibility index (Phi) is 9.80. The number of aliphatic hydroxyl groups is 2. The van der Waals surface area contributed by atoms with Crippen LogP contribution in [0.15, 0.2) is 11.6 Å². The fourth-order valence-electron chi connectivity index (χ4n) is 10.4. The molecule has 5 fully saturated rings. The van der Waals surface area contributed by atoms with Gasteiger partial charge in [-0.1, -0.05) is 20.3 Å². The molecule has 48 heavy (non-hydrogen) atoms. The van der Waals surface area contributed by atoms with Crippen molar-refractivity contribution in [3.05, 3.63) is 11.6 Å². The van der Waals surface area contributed by atoms with E-state index in [9.17, 15) is 39.4 Å². The van der Waals surface area contributed by atoms with Crippen LogP contribution in [-0.2, 0) is 38.2 Å². The summed E-state index contributed by atoms with van der Waals surface area (Å²) in [6.07, 6.45) is 7.51. The highest BCUT2D eigenvalue weighted by Crippen LogP contribution is 2.70. The summed E-state index contributed by atoms with van der Waals surface area (Å²) in [6.45, 7) is 5.01. The van der Waals surface area contributed by atoms with E-state index < -0.39 is 41.0 Å². The van der Waals surface area contributed by atoms with E-state index in [4.69, 9.17) is 14.2 Å². The van der Waals surface area contributed by atoms with E-state index in [0.29, 0.717) is 44.6 Å². The van der Waals surface area contributed by atoms with Gasteiger partial charge in [0.05, 0.1) is 24.2 Å². The summed E-state index contributed by atoms with van der Waals surface area (Å²) in [5.41, 5.74) is -0.867. The van der Waals surface area contributed by atoms with Gasteiger partial charge in [-0.2, -0.15) is 5.06 Å². The van der Waals surface area contributed by atoms with E-state index >= 15 is 0 Å². The van der Waals surface area contributed by atoms with Crippen LogP contribution in [0.3, 0.4) is 0 Å². The predicted octanol–water partition coefficient (Wildman–Crippen LogP) is 2.34. The molecule has 266 valence electrons. The Labute approximate surface area is 280 Å². The van der Waals surface area contributed by atoms with E-state index in [2.05, 4.69) is 12.2 Å². The molecular formula is C35H50N2O11. The molecular weight excluding hydrogens is 624 g/mol. The number of fused-ring (bicyclic) bond motifs is 5. The molecule has 4 N–H and O–H groups in total. The van der Waals surface area contributed by atoms with Crippen molar-refractivity contribution in [2.45, 2.75) is 121 Å². The van der Waals surface area contributed by atoms with Gasteiger partial charge in [-0.05, 0) is 98.9 Å². The summed E-state index contributed by atoms with van der Waals surface area (Å²) in [5.74, 6) is -2.31. The molecule has 0 spiro atoms. The molecule has 4 saturated carbocycles. The maximum atomic E-state index is 12.5. The van der Waals surface area contributed by atoms with Gasteiger partial charge in [-0.15, -0.1) is 0 Å². The number of carbonyl (C=O) groups excluding carboxylic acids is 5. The highest BCUT2D eigenvalue weighted by molar-refractivity contribution is 6.04.